The van der Waals surface area contributed by atoms with Crippen molar-refractivity contribution in [3.63, 3.8) is 0 Å². The van der Waals surface area contributed by atoms with Crippen molar-refractivity contribution in [2.45, 2.75) is 17.5 Å². The average Bonchev–Trinajstić information content (AvgIpc) is 3.29. The summed E-state index contributed by atoms with van der Waals surface area (Å²) in [5, 5.41) is 12.4. The molecule has 36 heavy (non-hydrogen) atoms. The molecular weight excluding hydrogens is 519 g/mol. The minimum absolute atomic E-state index is 0.0229. The van der Waals surface area contributed by atoms with E-state index in [0.717, 1.165) is 23.1 Å². The minimum Gasteiger partial charge on any atom is -0.326 e. The van der Waals surface area contributed by atoms with Crippen LogP contribution in [0.3, 0.4) is 0 Å². The molecule has 4 rings (SSSR count). The van der Waals surface area contributed by atoms with E-state index in [9.17, 15) is 26.4 Å². The molecule has 13 heteroatoms. The number of halogens is 4. The van der Waals surface area contributed by atoms with Crippen molar-refractivity contribution in [1.29, 1.82) is 0 Å². The van der Waals surface area contributed by atoms with Gasteiger partial charge in [-0.05, 0) is 35.9 Å². The Morgan fingerprint density at radius 1 is 1.11 bits per heavy atom. The summed E-state index contributed by atoms with van der Waals surface area (Å²) in [7, 11) is -4.32. The van der Waals surface area contributed by atoms with Crippen molar-refractivity contribution >= 4 is 33.2 Å². The van der Waals surface area contributed by atoms with Crippen LogP contribution < -0.4 is 10.5 Å². The molecule has 2 aromatic heterocycles. The number of hydrogen-bond acceptors (Lipinski definition) is 5. The van der Waals surface area contributed by atoms with Gasteiger partial charge in [0.15, 0.2) is 5.69 Å². The second kappa shape index (κ2) is 9.72. The Morgan fingerprint density at radius 2 is 1.86 bits per heavy atom. The molecule has 0 atom stereocenters. The van der Waals surface area contributed by atoms with E-state index >= 15 is 0 Å². The predicted molar refractivity (Wildman–Crippen MR) is 127 cm³/mol. The number of anilines is 1. The first kappa shape index (κ1) is 25.4. The standard InChI is InChI=1S/C23H17ClF3N5O3S/c24-18-6-2-1-4-14(18)10-21(33)31-16-7-8-19(20(11-16)36(28,34)35)32-13-15(12-30-32)17-5-3-9-29-22(17)23(25,26)27/h1-9,11-13H,10H2,(H,31,33)(H2,28,34,35). The number of nitrogens with one attached hydrogen (secondary N) is 1. The molecule has 0 unspecified atom stereocenters. The molecule has 0 aliphatic rings. The summed E-state index contributed by atoms with van der Waals surface area (Å²) >= 11 is 6.07. The van der Waals surface area contributed by atoms with Gasteiger partial charge in [0, 0.05) is 34.2 Å². The van der Waals surface area contributed by atoms with E-state index in [2.05, 4.69) is 15.4 Å². The Kier molecular flexibility index (Phi) is 6.85. The quantitative estimate of drug-likeness (QED) is 0.378. The fraction of sp³-hybridized carbons (Fsp3) is 0.0870. The van der Waals surface area contributed by atoms with Crippen LogP contribution in [-0.2, 0) is 27.4 Å². The molecule has 0 saturated heterocycles. The van der Waals surface area contributed by atoms with Gasteiger partial charge in [0.05, 0.1) is 18.3 Å². The van der Waals surface area contributed by atoms with Crippen molar-refractivity contribution < 1.29 is 26.4 Å². The molecule has 186 valence electrons. The van der Waals surface area contributed by atoms with Crippen LogP contribution in [0.5, 0.6) is 0 Å². The van der Waals surface area contributed by atoms with Crippen molar-refractivity contribution in [1.82, 2.24) is 14.8 Å². The van der Waals surface area contributed by atoms with Gasteiger partial charge in [-0.15, -0.1) is 0 Å². The Bertz CT molecular complexity index is 1550. The molecule has 0 radical (unpaired) electrons. The second-order valence-corrected chi connectivity index (χ2v) is 9.55. The zero-order chi connectivity index (χ0) is 26.1. The van der Waals surface area contributed by atoms with Crippen LogP contribution in [0.25, 0.3) is 16.8 Å². The monoisotopic (exact) mass is 535 g/mol. The van der Waals surface area contributed by atoms with E-state index in [1.807, 2.05) is 0 Å². The maximum Gasteiger partial charge on any atom is 0.433 e. The number of nitrogens with two attached hydrogens (primary N) is 1. The predicted octanol–water partition coefficient (Wildman–Crippen LogP) is 4.44. The van der Waals surface area contributed by atoms with E-state index in [-0.39, 0.29) is 28.9 Å². The summed E-state index contributed by atoms with van der Waals surface area (Å²) < 4.78 is 65.8. The third-order valence-corrected chi connectivity index (χ3v) is 6.38. The third-order valence-electron chi connectivity index (χ3n) is 5.08. The number of amides is 1. The Labute approximate surface area is 208 Å². The summed E-state index contributed by atoms with van der Waals surface area (Å²) in [4.78, 5) is 15.5. The number of benzene rings is 2. The van der Waals surface area contributed by atoms with Crippen LogP contribution in [0.1, 0.15) is 11.3 Å². The maximum atomic E-state index is 13.4. The van der Waals surface area contributed by atoms with Crippen LogP contribution in [0.15, 0.2) is 78.1 Å². The number of alkyl halides is 3. The lowest BCUT2D eigenvalue weighted by atomic mass is 10.1. The average molecular weight is 536 g/mol. The molecule has 8 nitrogen and oxygen atoms in total. The smallest absolute Gasteiger partial charge is 0.326 e. The molecule has 2 heterocycles. The molecule has 0 aliphatic carbocycles. The van der Waals surface area contributed by atoms with Crippen molar-refractivity contribution in [3.8, 4) is 16.8 Å². The van der Waals surface area contributed by atoms with Crippen LogP contribution in [0.2, 0.25) is 5.02 Å². The highest BCUT2D eigenvalue weighted by molar-refractivity contribution is 7.89. The van der Waals surface area contributed by atoms with Crippen LogP contribution >= 0.6 is 11.6 Å². The minimum atomic E-state index is -4.70. The van der Waals surface area contributed by atoms with Gasteiger partial charge in [0.2, 0.25) is 15.9 Å². The molecule has 0 saturated carbocycles. The van der Waals surface area contributed by atoms with Crippen LogP contribution in [0, 0.1) is 0 Å². The Balaban J connectivity index is 1.66. The highest BCUT2D eigenvalue weighted by atomic mass is 35.5. The van der Waals surface area contributed by atoms with Gasteiger partial charge in [-0.3, -0.25) is 9.78 Å². The zero-order valence-electron chi connectivity index (χ0n) is 18.2. The molecule has 0 spiro atoms. The SMILES string of the molecule is NS(=O)(=O)c1cc(NC(=O)Cc2ccccc2Cl)ccc1-n1cc(-c2cccnc2C(F)(F)F)cn1. The van der Waals surface area contributed by atoms with Gasteiger partial charge in [0.25, 0.3) is 0 Å². The van der Waals surface area contributed by atoms with E-state index in [1.165, 1.54) is 30.5 Å². The van der Waals surface area contributed by atoms with Crippen LogP contribution in [-0.4, -0.2) is 29.1 Å². The lowest BCUT2D eigenvalue weighted by molar-refractivity contribution is -0.140. The van der Waals surface area contributed by atoms with Crippen molar-refractivity contribution in [3.05, 3.63) is 89.5 Å². The number of primary sulfonamides is 1. The first-order chi connectivity index (χ1) is 16.9. The van der Waals surface area contributed by atoms with Crippen LogP contribution in [0.4, 0.5) is 18.9 Å². The largest absolute Gasteiger partial charge is 0.433 e. The molecule has 0 bridgehead atoms. The number of sulfonamides is 1. The van der Waals surface area contributed by atoms with Gasteiger partial charge in [-0.2, -0.15) is 18.3 Å². The Hall–Kier alpha value is -3.74. The lowest BCUT2D eigenvalue weighted by Gasteiger charge is -2.12. The van der Waals surface area contributed by atoms with Crippen molar-refractivity contribution in [2.24, 2.45) is 5.14 Å². The molecule has 4 aromatic rings. The van der Waals surface area contributed by atoms with Gasteiger partial charge in [-0.1, -0.05) is 35.9 Å². The third kappa shape index (κ3) is 5.56. The van der Waals surface area contributed by atoms with Gasteiger partial charge < -0.3 is 5.32 Å². The van der Waals surface area contributed by atoms with Crippen molar-refractivity contribution in [2.75, 3.05) is 5.32 Å². The van der Waals surface area contributed by atoms with Gasteiger partial charge >= 0.3 is 6.18 Å². The van der Waals surface area contributed by atoms with E-state index in [1.54, 1.807) is 24.3 Å². The van der Waals surface area contributed by atoms with E-state index < -0.39 is 32.7 Å². The number of carbonyl (C=O) groups excluding carboxylic acids is 1. The fourth-order valence-corrected chi connectivity index (χ4v) is 4.43. The van der Waals surface area contributed by atoms with E-state index in [4.69, 9.17) is 16.7 Å². The number of pyridine rings is 1. The summed E-state index contributed by atoms with van der Waals surface area (Å²) in [6, 6.07) is 13.2. The topological polar surface area (TPSA) is 120 Å². The molecule has 1 amide bonds. The molecule has 3 N–H and O–H groups in total. The lowest BCUT2D eigenvalue weighted by Crippen LogP contribution is -2.18. The first-order valence-corrected chi connectivity index (χ1v) is 12.1. The second-order valence-electron chi connectivity index (χ2n) is 7.61. The Morgan fingerprint density at radius 3 is 2.56 bits per heavy atom. The molecule has 0 fully saturated rings. The maximum absolute atomic E-state index is 13.4. The first-order valence-electron chi connectivity index (χ1n) is 10.2. The molecule has 0 aliphatic heterocycles. The molecule has 2 aromatic carbocycles. The fourth-order valence-electron chi connectivity index (χ4n) is 3.49. The summed E-state index contributed by atoms with van der Waals surface area (Å²) in [5.74, 6) is -0.450. The zero-order valence-corrected chi connectivity index (χ0v) is 19.8. The number of hydrogen-bond donors (Lipinski definition) is 2. The number of aromatic nitrogens is 3. The van der Waals surface area contributed by atoms with Gasteiger partial charge in [-0.25, -0.2) is 18.2 Å². The normalized spacial score (nSPS) is 11.9. The van der Waals surface area contributed by atoms with E-state index in [0.29, 0.717) is 10.6 Å². The number of nitrogens with zero attached hydrogens (tertiary/aromatic N) is 3. The highest BCUT2D eigenvalue weighted by Crippen LogP contribution is 2.35. The number of carbonyl (C=O) groups is 1. The number of rotatable bonds is 6. The summed E-state index contributed by atoms with van der Waals surface area (Å²) in [6.07, 6.45) is -1.35. The highest BCUT2D eigenvalue weighted by Gasteiger charge is 2.35. The molecular formula is C23H17ClF3N5O3S. The summed E-state index contributed by atoms with van der Waals surface area (Å²) in [5.41, 5.74) is -0.570. The summed E-state index contributed by atoms with van der Waals surface area (Å²) in [6.45, 7) is 0. The van der Waals surface area contributed by atoms with Gasteiger partial charge in [0.1, 0.15) is 4.90 Å².